The van der Waals surface area contributed by atoms with Crippen LogP contribution in [0.2, 0.25) is 0 Å². The lowest BCUT2D eigenvalue weighted by atomic mass is 10.0. The largest absolute Gasteiger partial charge is 0.338 e. The molecule has 3 rings (SSSR count). The fraction of sp³-hybridized carbons (Fsp3) is 0.316. The Morgan fingerprint density at radius 1 is 1.13 bits per heavy atom. The molecule has 1 fully saturated rings. The molecule has 0 aliphatic carbocycles. The van der Waals surface area contributed by atoms with Crippen LogP contribution in [0.3, 0.4) is 0 Å². The van der Waals surface area contributed by atoms with Crippen molar-refractivity contribution in [3.63, 3.8) is 0 Å². The van der Waals surface area contributed by atoms with Gasteiger partial charge < -0.3 is 10.2 Å². The number of carbonyl (C=O) groups is 1. The van der Waals surface area contributed by atoms with Gasteiger partial charge in [-0.2, -0.15) is 0 Å². The molecule has 1 saturated heterocycles. The summed E-state index contributed by atoms with van der Waals surface area (Å²) in [6.07, 6.45) is 2.73. The highest BCUT2D eigenvalue weighted by Crippen LogP contribution is 2.31. The number of rotatable bonds is 4. The van der Waals surface area contributed by atoms with Crippen molar-refractivity contribution in [3.05, 3.63) is 71.5 Å². The molecule has 1 N–H and O–H groups in total. The van der Waals surface area contributed by atoms with E-state index in [2.05, 4.69) is 17.4 Å². The van der Waals surface area contributed by atoms with Crippen molar-refractivity contribution < 1.29 is 9.18 Å². The number of nitrogens with zero attached hydrogens (tertiary/aromatic N) is 1. The summed E-state index contributed by atoms with van der Waals surface area (Å²) < 4.78 is 13.1. The molecule has 2 amide bonds. The van der Waals surface area contributed by atoms with Crippen molar-refractivity contribution >= 4 is 6.03 Å². The Bertz CT molecular complexity index is 642. The van der Waals surface area contributed by atoms with Gasteiger partial charge in [0.1, 0.15) is 5.82 Å². The first-order chi connectivity index (χ1) is 11.2. The van der Waals surface area contributed by atoms with E-state index in [1.54, 1.807) is 12.1 Å². The van der Waals surface area contributed by atoms with Gasteiger partial charge >= 0.3 is 6.03 Å². The molecule has 120 valence electrons. The van der Waals surface area contributed by atoms with Gasteiger partial charge in [-0.05, 0) is 42.5 Å². The molecule has 1 atom stereocenters. The third kappa shape index (κ3) is 3.89. The Kier molecular flexibility index (Phi) is 4.91. The molecule has 1 aliphatic heterocycles. The van der Waals surface area contributed by atoms with Crippen LogP contribution in [0.4, 0.5) is 9.18 Å². The molecule has 4 heteroatoms. The number of hydrogen-bond acceptors (Lipinski definition) is 1. The number of likely N-dealkylation sites (tertiary alicyclic amines) is 1. The van der Waals surface area contributed by atoms with Crippen LogP contribution in [0.1, 0.15) is 30.0 Å². The van der Waals surface area contributed by atoms with Gasteiger partial charge in [-0.1, -0.05) is 42.5 Å². The number of urea groups is 1. The van der Waals surface area contributed by atoms with Crippen LogP contribution in [0, 0.1) is 5.82 Å². The molecule has 0 unspecified atom stereocenters. The second-order valence-corrected chi connectivity index (χ2v) is 5.87. The zero-order valence-electron chi connectivity index (χ0n) is 13.0. The molecular formula is C19H21FN2O. The quantitative estimate of drug-likeness (QED) is 0.912. The predicted molar refractivity (Wildman–Crippen MR) is 88.6 cm³/mol. The lowest BCUT2D eigenvalue weighted by Gasteiger charge is -2.25. The number of amides is 2. The van der Waals surface area contributed by atoms with Crippen LogP contribution >= 0.6 is 0 Å². The topological polar surface area (TPSA) is 32.3 Å². The van der Waals surface area contributed by atoms with E-state index in [1.807, 2.05) is 23.1 Å². The van der Waals surface area contributed by atoms with Crippen LogP contribution in [0.15, 0.2) is 54.6 Å². The number of carbonyl (C=O) groups excluding carboxylic acids is 1. The molecule has 0 saturated carbocycles. The molecule has 0 radical (unpaired) electrons. The van der Waals surface area contributed by atoms with Gasteiger partial charge in [0, 0.05) is 13.1 Å². The standard InChI is InChI=1S/C19H21FN2O/c20-17-10-8-16(9-11-17)18-7-4-14-22(18)19(23)21-13-12-15-5-2-1-3-6-15/h1-3,5-6,8-11,18H,4,7,12-14H2,(H,21,23)/t18-/m1/s1. The first kappa shape index (κ1) is 15.5. The van der Waals surface area contributed by atoms with Gasteiger partial charge in [-0.25, -0.2) is 9.18 Å². The SMILES string of the molecule is O=C(NCCc1ccccc1)N1CCC[C@@H]1c1ccc(F)cc1. The second-order valence-electron chi connectivity index (χ2n) is 5.87. The Morgan fingerprint density at radius 2 is 1.87 bits per heavy atom. The highest BCUT2D eigenvalue weighted by molar-refractivity contribution is 5.75. The number of nitrogens with one attached hydrogen (secondary N) is 1. The van der Waals surface area contributed by atoms with E-state index < -0.39 is 0 Å². The van der Waals surface area contributed by atoms with E-state index in [4.69, 9.17) is 0 Å². The van der Waals surface area contributed by atoms with E-state index in [0.29, 0.717) is 6.54 Å². The molecule has 0 spiro atoms. The van der Waals surface area contributed by atoms with E-state index >= 15 is 0 Å². The third-order valence-corrected chi connectivity index (χ3v) is 4.30. The fourth-order valence-corrected chi connectivity index (χ4v) is 3.10. The normalized spacial score (nSPS) is 17.3. The third-order valence-electron chi connectivity index (χ3n) is 4.30. The van der Waals surface area contributed by atoms with E-state index in [-0.39, 0.29) is 17.9 Å². The summed E-state index contributed by atoms with van der Waals surface area (Å²) in [5.74, 6) is -0.245. The zero-order chi connectivity index (χ0) is 16.1. The summed E-state index contributed by atoms with van der Waals surface area (Å²) in [5, 5.41) is 3.00. The smallest absolute Gasteiger partial charge is 0.317 e. The minimum absolute atomic E-state index is 0.0345. The summed E-state index contributed by atoms with van der Waals surface area (Å²) in [5.41, 5.74) is 2.21. The number of halogens is 1. The Balaban J connectivity index is 1.56. The summed E-state index contributed by atoms with van der Waals surface area (Å²) in [6, 6.07) is 16.6. The van der Waals surface area contributed by atoms with Gasteiger partial charge in [0.2, 0.25) is 0 Å². The van der Waals surface area contributed by atoms with Crippen molar-refractivity contribution in [2.45, 2.75) is 25.3 Å². The maximum absolute atomic E-state index is 13.1. The van der Waals surface area contributed by atoms with Crippen LogP contribution in [0.25, 0.3) is 0 Å². The van der Waals surface area contributed by atoms with Crippen molar-refractivity contribution in [3.8, 4) is 0 Å². The van der Waals surface area contributed by atoms with Crippen molar-refractivity contribution in [2.24, 2.45) is 0 Å². The van der Waals surface area contributed by atoms with Gasteiger partial charge in [0.15, 0.2) is 0 Å². The van der Waals surface area contributed by atoms with Crippen LogP contribution in [0.5, 0.6) is 0 Å². The molecule has 0 aromatic heterocycles. The number of benzene rings is 2. The Morgan fingerprint density at radius 3 is 2.61 bits per heavy atom. The van der Waals surface area contributed by atoms with Crippen molar-refractivity contribution in [2.75, 3.05) is 13.1 Å². The lowest BCUT2D eigenvalue weighted by molar-refractivity contribution is 0.193. The molecular weight excluding hydrogens is 291 g/mol. The van der Waals surface area contributed by atoms with E-state index in [9.17, 15) is 9.18 Å². The first-order valence-electron chi connectivity index (χ1n) is 8.08. The van der Waals surface area contributed by atoms with Crippen molar-refractivity contribution in [1.29, 1.82) is 0 Å². The van der Waals surface area contributed by atoms with E-state index in [1.165, 1.54) is 17.7 Å². The zero-order valence-corrected chi connectivity index (χ0v) is 13.0. The Labute approximate surface area is 136 Å². The molecule has 1 heterocycles. The van der Waals surface area contributed by atoms with Gasteiger partial charge in [-0.15, -0.1) is 0 Å². The maximum Gasteiger partial charge on any atom is 0.317 e. The fourth-order valence-electron chi connectivity index (χ4n) is 3.10. The molecule has 1 aliphatic rings. The second kappa shape index (κ2) is 7.27. The first-order valence-corrected chi connectivity index (χ1v) is 8.08. The van der Waals surface area contributed by atoms with E-state index in [0.717, 1.165) is 31.4 Å². The van der Waals surface area contributed by atoms with Crippen LogP contribution in [-0.4, -0.2) is 24.0 Å². The average Bonchev–Trinajstić information content (AvgIpc) is 3.06. The number of hydrogen-bond donors (Lipinski definition) is 1. The lowest BCUT2D eigenvalue weighted by Crippen LogP contribution is -2.40. The van der Waals surface area contributed by atoms with Crippen LogP contribution in [-0.2, 0) is 6.42 Å². The summed E-state index contributed by atoms with van der Waals surface area (Å²) in [7, 11) is 0. The van der Waals surface area contributed by atoms with Gasteiger partial charge in [-0.3, -0.25) is 0 Å². The summed E-state index contributed by atoms with van der Waals surface area (Å²) in [6.45, 7) is 1.37. The Hall–Kier alpha value is -2.36. The minimum atomic E-state index is -0.245. The van der Waals surface area contributed by atoms with Crippen molar-refractivity contribution in [1.82, 2.24) is 10.2 Å². The molecule has 23 heavy (non-hydrogen) atoms. The average molecular weight is 312 g/mol. The molecule has 0 bridgehead atoms. The monoisotopic (exact) mass is 312 g/mol. The van der Waals surface area contributed by atoms with Crippen LogP contribution < -0.4 is 5.32 Å². The highest BCUT2D eigenvalue weighted by Gasteiger charge is 2.29. The molecule has 2 aromatic carbocycles. The maximum atomic E-state index is 13.1. The predicted octanol–water partition coefficient (Wildman–Crippen LogP) is 3.91. The summed E-state index contributed by atoms with van der Waals surface area (Å²) >= 11 is 0. The van der Waals surface area contributed by atoms with Gasteiger partial charge in [0.25, 0.3) is 0 Å². The highest BCUT2D eigenvalue weighted by atomic mass is 19.1. The summed E-state index contributed by atoms with van der Waals surface area (Å²) in [4.78, 5) is 14.3. The van der Waals surface area contributed by atoms with Gasteiger partial charge in [0.05, 0.1) is 6.04 Å². The molecule has 3 nitrogen and oxygen atoms in total. The molecule has 2 aromatic rings. The minimum Gasteiger partial charge on any atom is -0.338 e.